The number of benzene rings is 1. The zero-order valence-electron chi connectivity index (χ0n) is 25.0. The molecule has 0 bridgehead atoms. The van der Waals surface area contributed by atoms with Gasteiger partial charge >= 0.3 is 18.0 Å². The maximum Gasteiger partial charge on any atom is 0.409 e. The molecule has 2 atom stereocenters. The number of piperidine rings is 1. The van der Waals surface area contributed by atoms with Crippen LogP contribution in [0.2, 0.25) is 0 Å². The molecule has 0 aliphatic carbocycles. The Kier molecular flexibility index (Phi) is 11.1. The van der Waals surface area contributed by atoms with Crippen LogP contribution in [0.25, 0.3) is 10.9 Å². The zero-order chi connectivity index (χ0) is 32.5. The van der Waals surface area contributed by atoms with Crippen molar-refractivity contribution in [2.75, 3.05) is 45.9 Å². The van der Waals surface area contributed by atoms with E-state index in [4.69, 9.17) is 9.47 Å². The van der Waals surface area contributed by atoms with E-state index < -0.39 is 54.4 Å². The van der Waals surface area contributed by atoms with E-state index in [-0.39, 0.29) is 57.1 Å². The van der Waals surface area contributed by atoms with Gasteiger partial charge < -0.3 is 39.7 Å². The van der Waals surface area contributed by atoms with Crippen LogP contribution >= 0.6 is 0 Å². The largest absolute Gasteiger partial charge is 0.483 e. The second-order valence-corrected chi connectivity index (χ2v) is 10.7. The SMILES string of the molecule is CCOC(=O)N1CCN(C(=O)C(CCC(=O)O)NC(=O)c2cc(OCC(=O)N3CCCCC3C(=O)O)c3ccccc3n2)CC1. The van der Waals surface area contributed by atoms with Crippen molar-refractivity contribution in [2.45, 2.75) is 51.1 Å². The minimum Gasteiger partial charge on any atom is -0.483 e. The first-order chi connectivity index (χ1) is 21.6. The van der Waals surface area contributed by atoms with Crippen LogP contribution in [0.4, 0.5) is 4.79 Å². The smallest absolute Gasteiger partial charge is 0.409 e. The van der Waals surface area contributed by atoms with Crippen molar-refractivity contribution in [1.82, 2.24) is 25.0 Å². The lowest BCUT2D eigenvalue weighted by Crippen LogP contribution is -2.56. The molecule has 2 aromatic rings. The highest BCUT2D eigenvalue weighted by atomic mass is 16.6. The minimum atomic E-state index is -1.19. The van der Waals surface area contributed by atoms with Crippen LogP contribution in [-0.2, 0) is 23.9 Å². The number of carbonyl (C=O) groups is 6. The molecule has 2 fully saturated rings. The van der Waals surface area contributed by atoms with Crippen molar-refractivity contribution in [3.63, 3.8) is 0 Å². The lowest BCUT2D eigenvalue weighted by atomic mass is 10.0. The number of hydrogen-bond acceptors (Lipinski definition) is 9. The number of ether oxygens (including phenoxy) is 2. The van der Waals surface area contributed by atoms with Gasteiger partial charge in [-0.1, -0.05) is 12.1 Å². The topological polar surface area (TPSA) is 196 Å². The molecule has 1 aromatic carbocycles. The first-order valence-electron chi connectivity index (χ1n) is 14.9. The number of carboxylic acids is 2. The molecular weight excluding hydrogens is 590 g/mol. The number of carbonyl (C=O) groups excluding carboxylic acids is 4. The van der Waals surface area contributed by atoms with Gasteiger partial charge in [-0.25, -0.2) is 14.6 Å². The van der Waals surface area contributed by atoms with Gasteiger partial charge in [0, 0.05) is 50.6 Å². The van der Waals surface area contributed by atoms with Crippen LogP contribution in [0.15, 0.2) is 30.3 Å². The zero-order valence-corrected chi connectivity index (χ0v) is 25.0. The second kappa shape index (κ2) is 15.2. The molecule has 1 aromatic heterocycles. The van der Waals surface area contributed by atoms with Gasteiger partial charge in [-0.3, -0.25) is 19.2 Å². The number of rotatable bonds is 11. The number of aliphatic carboxylic acids is 2. The van der Waals surface area contributed by atoms with Gasteiger partial charge in [0.1, 0.15) is 23.5 Å². The molecule has 242 valence electrons. The molecule has 0 spiro atoms. The van der Waals surface area contributed by atoms with Crippen molar-refractivity contribution in [1.29, 1.82) is 0 Å². The van der Waals surface area contributed by atoms with E-state index in [1.807, 2.05) is 0 Å². The van der Waals surface area contributed by atoms with E-state index in [0.717, 1.165) is 0 Å². The summed E-state index contributed by atoms with van der Waals surface area (Å²) >= 11 is 0. The molecule has 15 nitrogen and oxygen atoms in total. The van der Waals surface area contributed by atoms with Gasteiger partial charge in [-0.2, -0.15) is 0 Å². The van der Waals surface area contributed by atoms with Crippen LogP contribution in [0, 0.1) is 0 Å². The highest BCUT2D eigenvalue weighted by molar-refractivity contribution is 5.99. The number of nitrogens with zero attached hydrogens (tertiary/aromatic N) is 4. The Morgan fingerprint density at radius 3 is 2.40 bits per heavy atom. The molecule has 2 aliphatic rings. The van der Waals surface area contributed by atoms with Crippen LogP contribution < -0.4 is 10.1 Å². The molecule has 3 N–H and O–H groups in total. The van der Waals surface area contributed by atoms with Gasteiger partial charge in [0.25, 0.3) is 11.8 Å². The Bertz CT molecular complexity index is 1440. The molecule has 45 heavy (non-hydrogen) atoms. The van der Waals surface area contributed by atoms with Gasteiger partial charge in [-0.15, -0.1) is 0 Å². The maximum atomic E-state index is 13.4. The van der Waals surface area contributed by atoms with E-state index in [0.29, 0.717) is 36.7 Å². The Hall–Kier alpha value is -4.95. The predicted molar refractivity (Wildman–Crippen MR) is 158 cm³/mol. The molecule has 15 heteroatoms. The summed E-state index contributed by atoms with van der Waals surface area (Å²) in [4.78, 5) is 83.4. The van der Waals surface area contributed by atoms with E-state index in [1.165, 1.54) is 20.8 Å². The van der Waals surface area contributed by atoms with Crippen LogP contribution in [0.5, 0.6) is 5.75 Å². The Balaban J connectivity index is 1.50. The number of hydrogen-bond donors (Lipinski definition) is 3. The summed E-state index contributed by atoms with van der Waals surface area (Å²) in [6.45, 7) is 2.55. The van der Waals surface area contributed by atoms with Gasteiger partial charge in [0.15, 0.2) is 6.61 Å². The molecule has 2 saturated heterocycles. The maximum absolute atomic E-state index is 13.4. The summed E-state index contributed by atoms with van der Waals surface area (Å²) in [5, 5.41) is 21.9. The molecule has 0 radical (unpaired) electrons. The molecule has 4 rings (SSSR count). The van der Waals surface area contributed by atoms with E-state index >= 15 is 0 Å². The molecule has 4 amide bonds. The second-order valence-electron chi connectivity index (χ2n) is 10.7. The summed E-state index contributed by atoms with van der Waals surface area (Å²) in [7, 11) is 0. The quantitative estimate of drug-likeness (QED) is 0.325. The molecule has 2 aliphatic heterocycles. The number of pyridine rings is 1. The number of fused-ring (bicyclic) bond motifs is 1. The van der Waals surface area contributed by atoms with E-state index in [1.54, 1.807) is 31.2 Å². The highest BCUT2D eigenvalue weighted by Gasteiger charge is 2.33. The number of para-hydroxylation sites is 1. The number of piperazine rings is 1. The number of likely N-dealkylation sites (tertiary alicyclic amines) is 1. The van der Waals surface area contributed by atoms with Gasteiger partial charge in [0.2, 0.25) is 5.91 Å². The molecule has 2 unspecified atom stereocenters. The monoisotopic (exact) mass is 627 g/mol. The number of amides is 4. The summed E-state index contributed by atoms with van der Waals surface area (Å²) < 4.78 is 10.8. The Morgan fingerprint density at radius 2 is 1.71 bits per heavy atom. The average Bonchev–Trinajstić information content (AvgIpc) is 3.04. The summed E-state index contributed by atoms with van der Waals surface area (Å²) in [5.74, 6) is -3.82. The number of carboxylic acid groups (broad SMARTS) is 2. The van der Waals surface area contributed by atoms with E-state index in [2.05, 4.69) is 10.3 Å². The van der Waals surface area contributed by atoms with Crippen LogP contribution in [0.1, 0.15) is 49.5 Å². The Morgan fingerprint density at radius 1 is 1.00 bits per heavy atom. The first-order valence-corrected chi connectivity index (χ1v) is 14.9. The fourth-order valence-corrected chi connectivity index (χ4v) is 5.39. The van der Waals surface area contributed by atoms with Crippen molar-refractivity contribution in [3.8, 4) is 5.75 Å². The van der Waals surface area contributed by atoms with E-state index in [9.17, 15) is 39.0 Å². The molecule has 0 saturated carbocycles. The third-order valence-electron chi connectivity index (χ3n) is 7.74. The summed E-state index contributed by atoms with van der Waals surface area (Å²) in [6, 6.07) is 5.97. The number of nitrogens with one attached hydrogen (secondary N) is 1. The van der Waals surface area contributed by atoms with Crippen LogP contribution in [0.3, 0.4) is 0 Å². The molecule has 3 heterocycles. The van der Waals surface area contributed by atoms with Gasteiger partial charge in [0.05, 0.1) is 12.1 Å². The lowest BCUT2D eigenvalue weighted by molar-refractivity contribution is -0.152. The number of aromatic nitrogens is 1. The predicted octanol–water partition coefficient (Wildman–Crippen LogP) is 1.34. The van der Waals surface area contributed by atoms with Crippen molar-refractivity contribution in [2.24, 2.45) is 0 Å². The standard InChI is InChI=1S/C30H37N5O10/c1-2-44-30(43)34-15-13-33(14-16-34)28(40)21(10-11-26(37)38)32-27(39)22-17-24(19-7-3-4-8-20(19)31-22)45-18-25(36)35-12-6-5-9-23(35)29(41)42/h3-4,7-8,17,21,23H,2,5-6,9-16,18H2,1H3,(H,32,39)(H,37,38)(H,41,42). The van der Waals surface area contributed by atoms with Crippen molar-refractivity contribution in [3.05, 3.63) is 36.0 Å². The summed E-state index contributed by atoms with van der Waals surface area (Å²) in [6.07, 6.45) is 0.696. The fraction of sp³-hybridized carbons (Fsp3) is 0.500. The Labute approximate surface area is 259 Å². The van der Waals surface area contributed by atoms with Gasteiger partial charge in [-0.05, 0) is 44.7 Å². The normalized spacial score (nSPS) is 17.4. The minimum absolute atomic E-state index is 0.127. The third-order valence-corrected chi connectivity index (χ3v) is 7.74. The fourth-order valence-electron chi connectivity index (χ4n) is 5.39. The lowest BCUT2D eigenvalue weighted by Gasteiger charge is -2.35. The van der Waals surface area contributed by atoms with Crippen LogP contribution in [-0.4, -0.2) is 124 Å². The average molecular weight is 628 g/mol. The van der Waals surface area contributed by atoms with Crippen molar-refractivity contribution >= 4 is 46.7 Å². The molecular formula is C30H37N5O10. The van der Waals surface area contributed by atoms with Crippen molar-refractivity contribution < 1.29 is 48.5 Å². The summed E-state index contributed by atoms with van der Waals surface area (Å²) in [5.41, 5.74) is 0.246. The highest BCUT2D eigenvalue weighted by Crippen LogP contribution is 2.26. The first kappa shape index (κ1) is 33.0. The third kappa shape index (κ3) is 8.37.